The standard InChI is InChI=1S/C43H73NO10/c1-11-27-14-13-15-34(54-36-19-18-33(44(6)7)24(4)50-36)23(3)39(46)38-29(12-2)37-30(32(38)22-35(45)52-27)17-16-26-20-28(21-31(26)37)53-43-42(49-10)41(48-9)40(47-8)25(5)51-43/h23-34,36-38,40-43H,11-22H2,1-10H3/t23-,24?,25?,26-,27+,28-,29?,30+,31-,32+,33+,34+,36+,37-,38?,40+,41?,42?,43+/m1/s1. The number of carbonyl (C=O) groups is 2. The van der Waals surface area contributed by atoms with E-state index in [1.54, 1.807) is 21.3 Å². The van der Waals surface area contributed by atoms with Gasteiger partial charge < -0.3 is 42.8 Å². The summed E-state index contributed by atoms with van der Waals surface area (Å²) in [5.41, 5.74) is 0. The summed E-state index contributed by atoms with van der Waals surface area (Å²) in [5, 5.41) is 0. The average Bonchev–Trinajstić information content (AvgIpc) is 3.70. The van der Waals surface area contributed by atoms with Crippen molar-refractivity contribution in [1.29, 1.82) is 0 Å². The molecule has 0 amide bonds. The van der Waals surface area contributed by atoms with Crippen LogP contribution in [0.4, 0.5) is 0 Å². The van der Waals surface area contributed by atoms with Crippen LogP contribution in [-0.4, -0.2) is 120 Å². The number of nitrogens with zero attached hydrogens (tertiary/aromatic N) is 1. The number of methoxy groups -OCH3 is 3. The van der Waals surface area contributed by atoms with Crippen LogP contribution < -0.4 is 0 Å². The fourth-order valence-corrected chi connectivity index (χ4v) is 12.4. The Morgan fingerprint density at radius 3 is 2.13 bits per heavy atom. The van der Waals surface area contributed by atoms with Crippen molar-refractivity contribution in [2.75, 3.05) is 35.4 Å². The zero-order valence-corrected chi connectivity index (χ0v) is 35.0. The topological polar surface area (TPSA) is 111 Å². The Morgan fingerprint density at radius 2 is 1.48 bits per heavy atom. The first-order chi connectivity index (χ1) is 25.9. The maximum absolute atomic E-state index is 15.1. The van der Waals surface area contributed by atoms with Crippen molar-refractivity contribution in [3.8, 4) is 0 Å². The molecule has 6 unspecified atom stereocenters. The van der Waals surface area contributed by atoms with Crippen molar-refractivity contribution in [1.82, 2.24) is 4.90 Å². The molecule has 0 radical (unpaired) electrons. The predicted molar refractivity (Wildman–Crippen MR) is 204 cm³/mol. The number of esters is 1. The lowest BCUT2D eigenvalue weighted by molar-refractivity contribution is -0.314. The molecule has 0 N–H and O–H groups in total. The summed E-state index contributed by atoms with van der Waals surface area (Å²) in [7, 11) is 9.24. The van der Waals surface area contributed by atoms with Gasteiger partial charge in [-0.2, -0.15) is 0 Å². The minimum atomic E-state index is -0.562. The number of Topliss-reactive ketones (excluding diaryl/α,β-unsaturated/α-hetero) is 1. The molecule has 0 aromatic heterocycles. The van der Waals surface area contributed by atoms with Crippen LogP contribution in [0.3, 0.4) is 0 Å². The maximum atomic E-state index is 15.1. The number of rotatable bonds is 10. The first-order valence-corrected chi connectivity index (χ1v) is 21.5. The molecule has 3 saturated carbocycles. The van der Waals surface area contributed by atoms with Crippen LogP contribution in [0.5, 0.6) is 0 Å². The van der Waals surface area contributed by atoms with Crippen LogP contribution in [0.15, 0.2) is 0 Å². The van der Waals surface area contributed by atoms with E-state index < -0.39 is 12.4 Å². The third kappa shape index (κ3) is 8.64. The second-order valence-electron chi connectivity index (χ2n) is 17.9. The quantitative estimate of drug-likeness (QED) is 0.230. The van der Waals surface area contributed by atoms with E-state index in [1.165, 1.54) is 0 Å². The molecule has 3 saturated heterocycles. The van der Waals surface area contributed by atoms with E-state index in [2.05, 4.69) is 46.7 Å². The van der Waals surface area contributed by atoms with E-state index in [0.29, 0.717) is 36.1 Å². The largest absolute Gasteiger partial charge is 0.462 e. The minimum Gasteiger partial charge on any atom is -0.462 e. The Labute approximate surface area is 325 Å². The highest BCUT2D eigenvalue weighted by Crippen LogP contribution is 2.62. The summed E-state index contributed by atoms with van der Waals surface area (Å²) < 4.78 is 50.2. The Hall–Kier alpha value is -1.18. The first kappa shape index (κ1) is 42.4. The second kappa shape index (κ2) is 18.6. The van der Waals surface area contributed by atoms with Crippen molar-refractivity contribution in [3.63, 3.8) is 0 Å². The summed E-state index contributed by atoms with van der Waals surface area (Å²) in [4.78, 5) is 31.1. The average molecular weight is 764 g/mol. The van der Waals surface area contributed by atoms with E-state index in [9.17, 15) is 4.79 Å². The molecule has 6 fully saturated rings. The van der Waals surface area contributed by atoms with Gasteiger partial charge in [-0.3, -0.25) is 9.59 Å². The van der Waals surface area contributed by atoms with Crippen LogP contribution in [-0.2, 0) is 47.5 Å². The Morgan fingerprint density at radius 1 is 0.741 bits per heavy atom. The van der Waals surface area contributed by atoms with E-state index >= 15 is 4.79 Å². The lowest BCUT2D eigenvalue weighted by atomic mass is 9.65. The summed E-state index contributed by atoms with van der Waals surface area (Å²) in [5.74, 6) is 1.41. The number of fused-ring (bicyclic) bond motifs is 5. The molecule has 54 heavy (non-hydrogen) atoms. The highest BCUT2D eigenvalue weighted by atomic mass is 16.7. The third-order valence-corrected chi connectivity index (χ3v) is 15.0. The lowest BCUT2D eigenvalue weighted by Gasteiger charge is -2.44. The predicted octanol–water partition coefficient (Wildman–Crippen LogP) is 6.43. The minimum absolute atomic E-state index is 0.0157. The summed E-state index contributed by atoms with van der Waals surface area (Å²) in [6.45, 7) is 10.6. The molecule has 0 spiro atoms. The fraction of sp³-hybridized carbons (Fsp3) is 0.953. The molecular weight excluding hydrogens is 690 g/mol. The lowest BCUT2D eigenvalue weighted by Crippen LogP contribution is -2.59. The SMILES string of the molecule is CCC1C2C(=O)[C@H](C)[C@@H](O[C@H]3CC[C@H](N(C)C)C(C)O3)CCC[C@H](CC)OC(=O)C[C@H]2[C@@H]2CC[C@@H]3C[C@@H](O[C@@H]4OC(C)[C@H](OC)C(OC)C4OC)C[C@H]3[C@H]12. The molecular formula is C43H73NO10. The van der Waals surface area contributed by atoms with Crippen molar-refractivity contribution >= 4 is 11.8 Å². The summed E-state index contributed by atoms with van der Waals surface area (Å²) in [6, 6.07) is 0.350. The first-order valence-electron chi connectivity index (χ1n) is 21.5. The number of hydrogen-bond acceptors (Lipinski definition) is 11. The third-order valence-electron chi connectivity index (χ3n) is 15.0. The molecule has 0 aromatic rings. The molecule has 3 aliphatic carbocycles. The van der Waals surface area contributed by atoms with Crippen molar-refractivity contribution in [2.24, 2.45) is 47.3 Å². The van der Waals surface area contributed by atoms with Gasteiger partial charge in [-0.25, -0.2) is 0 Å². The van der Waals surface area contributed by atoms with Crippen molar-refractivity contribution in [3.05, 3.63) is 0 Å². The summed E-state index contributed by atoms with van der Waals surface area (Å²) in [6.07, 6.45) is 7.82. The maximum Gasteiger partial charge on any atom is 0.306 e. The van der Waals surface area contributed by atoms with E-state index in [4.69, 9.17) is 37.9 Å². The van der Waals surface area contributed by atoms with Gasteiger partial charge in [0.1, 0.15) is 30.2 Å². The number of ether oxygens (including phenoxy) is 8. The second-order valence-corrected chi connectivity index (χ2v) is 17.9. The smallest absolute Gasteiger partial charge is 0.306 e. The van der Waals surface area contributed by atoms with Crippen molar-refractivity contribution in [2.45, 2.75) is 179 Å². The Balaban J connectivity index is 1.23. The number of hydrogen-bond donors (Lipinski definition) is 0. The van der Waals surface area contributed by atoms with Gasteiger partial charge in [-0.15, -0.1) is 0 Å². The zero-order chi connectivity index (χ0) is 38.8. The summed E-state index contributed by atoms with van der Waals surface area (Å²) >= 11 is 0. The fourth-order valence-electron chi connectivity index (χ4n) is 12.4. The molecule has 3 heterocycles. The van der Waals surface area contributed by atoms with Gasteiger partial charge in [-0.1, -0.05) is 27.2 Å². The Kier molecular flexibility index (Phi) is 14.6. The molecule has 0 aromatic carbocycles. The molecule has 6 rings (SSSR count). The van der Waals surface area contributed by atoms with E-state index in [0.717, 1.165) is 70.6 Å². The normalized spacial score (nSPS) is 47.6. The van der Waals surface area contributed by atoms with Crippen LogP contribution in [0.25, 0.3) is 0 Å². The van der Waals surface area contributed by atoms with Crippen LogP contribution in [0.2, 0.25) is 0 Å². The molecule has 3 aliphatic heterocycles. The zero-order valence-electron chi connectivity index (χ0n) is 35.0. The van der Waals surface area contributed by atoms with Crippen molar-refractivity contribution < 1.29 is 47.5 Å². The van der Waals surface area contributed by atoms with Gasteiger partial charge in [0.15, 0.2) is 12.6 Å². The van der Waals surface area contributed by atoms with Gasteiger partial charge in [0.2, 0.25) is 0 Å². The van der Waals surface area contributed by atoms with Crippen LogP contribution in [0.1, 0.15) is 112 Å². The molecule has 310 valence electrons. The van der Waals surface area contributed by atoms with Gasteiger partial charge in [-0.05, 0) is 128 Å². The number of likely N-dealkylation sites (N-methyl/N-ethyl adjacent to an activating group) is 1. The van der Waals surface area contributed by atoms with Gasteiger partial charge in [0, 0.05) is 45.6 Å². The number of cyclic esters (lactones) is 1. The van der Waals surface area contributed by atoms with Gasteiger partial charge in [0.05, 0.1) is 24.4 Å². The van der Waals surface area contributed by atoms with Crippen LogP contribution >= 0.6 is 0 Å². The molecule has 11 nitrogen and oxygen atoms in total. The monoisotopic (exact) mass is 764 g/mol. The highest BCUT2D eigenvalue weighted by Gasteiger charge is 2.60. The van der Waals surface area contributed by atoms with Crippen LogP contribution in [0, 0.1) is 47.3 Å². The molecule has 6 aliphatic rings. The highest BCUT2D eigenvalue weighted by molar-refractivity contribution is 5.85. The molecule has 11 heteroatoms. The number of carbonyl (C=O) groups excluding carboxylic acids is 2. The number of ketones is 1. The molecule has 19 atom stereocenters. The van der Waals surface area contributed by atoms with E-state index in [1.807, 2.05) is 6.92 Å². The van der Waals surface area contributed by atoms with E-state index in [-0.39, 0.29) is 84.4 Å². The van der Waals surface area contributed by atoms with Gasteiger partial charge >= 0.3 is 5.97 Å². The molecule has 0 bridgehead atoms. The Bertz CT molecular complexity index is 1230. The van der Waals surface area contributed by atoms with Gasteiger partial charge in [0.25, 0.3) is 0 Å².